The molecular formula is C22H25BrN2O4. The van der Waals surface area contributed by atoms with Crippen molar-refractivity contribution in [3.05, 3.63) is 46.5 Å². The molecule has 2 amide bonds. The van der Waals surface area contributed by atoms with Crippen LogP contribution in [0.5, 0.6) is 0 Å². The number of halogens is 1. The van der Waals surface area contributed by atoms with Gasteiger partial charge in [-0.3, -0.25) is 9.59 Å². The van der Waals surface area contributed by atoms with Crippen LogP contribution >= 0.6 is 15.9 Å². The van der Waals surface area contributed by atoms with E-state index in [1.807, 2.05) is 24.3 Å². The maximum atomic E-state index is 13.4. The van der Waals surface area contributed by atoms with E-state index in [9.17, 15) is 9.59 Å². The van der Waals surface area contributed by atoms with Gasteiger partial charge in [-0.1, -0.05) is 40.2 Å². The van der Waals surface area contributed by atoms with E-state index in [0.29, 0.717) is 26.2 Å². The average molecular weight is 461 g/mol. The molecule has 1 unspecified atom stereocenters. The Morgan fingerprint density at radius 2 is 1.72 bits per heavy atom. The molecule has 2 saturated carbocycles. The Labute approximate surface area is 178 Å². The number of hydrogen-bond acceptors (Lipinski definition) is 4. The summed E-state index contributed by atoms with van der Waals surface area (Å²) in [5.41, 5.74) is 10.7. The Bertz CT molecular complexity index is 891. The van der Waals surface area contributed by atoms with Gasteiger partial charge in [-0.05, 0) is 48.3 Å². The lowest BCUT2D eigenvalue weighted by Crippen LogP contribution is -2.63. The topological polar surface area (TPSA) is 105 Å². The van der Waals surface area contributed by atoms with Gasteiger partial charge in [0.05, 0.1) is 36.8 Å². The van der Waals surface area contributed by atoms with Gasteiger partial charge < -0.3 is 20.9 Å². The summed E-state index contributed by atoms with van der Waals surface area (Å²) in [7, 11) is 0. The molecule has 1 aromatic carbocycles. The molecule has 1 spiro atoms. The van der Waals surface area contributed by atoms with E-state index in [0.717, 1.165) is 22.9 Å². The minimum Gasteiger partial charge on any atom is -0.376 e. The minimum absolute atomic E-state index is 0.118. The normalized spacial score (nSPS) is 39.0. The first kappa shape index (κ1) is 19.3. The van der Waals surface area contributed by atoms with Crippen LogP contribution in [0.4, 0.5) is 0 Å². The predicted octanol–water partition coefficient (Wildman–Crippen LogP) is 2.05. The number of primary amides is 2. The Morgan fingerprint density at radius 1 is 1.03 bits per heavy atom. The number of amides is 2. The minimum atomic E-state index is -1.20. The number of allylic oxidation sites excluding steroid dienone is 2. The lowest BCUT2D eigenvalue weighted by atomic mass is 9.52. The van der Waals surface area contributed by atoms with E-state index < -0.39 is 22.6 Å². The van der Waals surface area contributed by atoms with E-state index in [4.69, 9.17) is 20.9 Å². The summed E-state index contributed by atoms with van der Waals surface area (Å²) in [5, 5.41) is 0. The van der Waals surface area contributed by atoms with Crippen LogP contribution < -0.4 is 11.5 Å². The number of ether oxygens (including phenoxy) is 2. The Kier molecular flexibility index (Phi) is 4.25. The zero-order valence-corrected chi connectivity index (χ0v) is 17.7. The third-order valence-corrected chi connectivity index (χ3v) is 8.35. The number of hydrogen-bond donors (Lipinski definition) is 2. The maximum absolute atomic E-state index is 13.4. The molecule has 0 radical (unpaired) electrons. The molecule has 29 heavy (non-hydrogen) atoms. The van der Waals surface area contributed by atoms with Crippen LogP contribution in [-0.4, -0.2) is 37.7 Å². The zero-order chi connectivity index (χ0) is 20.4. The van der Waals surface area contributed by atoms with Gasteiger partial charge in [-0.25, -0.2) is 0 Å². The van der Waals surface area contributed by atoms with Crippen molar-refractivity contribution < 1.29 is 19.1 Å². The lowest BCUT2D eigenvalue weighted by Gasteiger charge is -2.49. The van der Waals surface area contributed by atoms with Crippen molar-refractivity contribution in [2.45, 2.75) is 30.8 Å². The average Bonchev–Trinajstić information content (AvgIpc) is 3.37. The van der Waals surface area contributed by atoms with Crippen LogP contribution in [0, 0.1) is 22.7 Å². The van der Waals surface area contributed by atoms with Gasteiger partial charge in [0.15, 0.2) is 0 Å². The largest absolute Gasteiger partial charge is 0.376 e. The van der Waals surface area contributed by atoms with Gasteiger partial charge in [0, 0.05) is 10.4 Å². The van der Waals surface area contributed by atoms with Crippen molar-refractivity contribution in [3.63, 3.8) is 0 Å². The fraction of sp³-hybridized carbons (Fsp3) is 0.545. The first-order valence-corrected chi connectivity index (χ1v) is 10.9. The highest BCUT2D eigenvalue weighted by Crippen LogP contribution is 2.80. The van der Waals surface area contributed by atoms with Gasteiger partial charge in [-0.2, -0.15) is 0 Å². The SMILES string of the molecule is NC(=O)[C@]1(CC2COCCO2)[C@@H]2C=C[C@@H](C23CC3)[C@@]1(C(N)=O)c1ccc(Br)cc1. The van der Waals surface area contributed by atoms with Gasteiger partial charge >= 0.3 is 0 Å². The number of nitrogens with two attached hydrogens (primary N) is 2. The van der Waals surface area contributed by atoms with Crippen molar-refractivity contribution in [3.8, 4) is 0 Å². The third-order valence-electron chi connectivity index (χ3n) is 7.83. The van der Waals surface area contributed by atoms with Crippen molar-refractivity contribution in [2.75, 3.05) is 19.8 Å². The highest BCUT2D eigenvalue weighted by molar-refractivity contribution is 9.10. The number of rotatable bonds is 5. The fourth-order valence-corrected chi connectivity index (χ4v) is 7.00. The van der Waals surface area contributed by atoms with Crippen LogP contribution in [0.15, 0.2) is 40.9 Å². The summed E-state index contributed by atoms with van der Waals surface area (Å²) in [4.78, 5) is 26.7. The second kappa shape index (κ2) is 6.40. The summed E-state index contributed by atoms with van der Waals surface area (Å²) < 4.78 is 12.4. The summed E-state index contributed by atoms with van der Waals surface area (Å²) in [5.74, 6) is -1.23. The van der Waals surface area contributed by atoms with Crippen LogP contribution in [0.1, 0.15) is 24.8 Å². The molecule has 3 aliphatic carbocycles. The summed E-state index contributed by atoms with van der Waals surface area (Å²) in [6.45, 7) is 1.39. The van der Waals surface area contributed by atoms with Crippen molar-refractivity contribution in [1.29, 1.82) is 0 Å². The number of benzene rings is 1. The molecule has 7 heteroatoms. The highest BCUT2D eigenvalue weighted by atomic mass is 79.9. The molecule has 6 nitrogen and oxygen atoms in total. The van der Waals surface area contributed by atoms with Crippen molar-refractivity contribution in [2.24, 2.45) is 34.1 Å². The van der Waals surface area contributed by atoms with E-state index in [1.165, 1.54) is 0 Å². The molecule has 4 aliphatic rings. The Balaban J connectivity index is 1.75. The second-order valence-electron chi connectivity index (χ2n) is 8.86. The first-order chi connectivity index (χ1) is 13.9. The van der Waals surface area contributed by atoms with Crippen LogP contribution in [-0.2, 0) is 24.5 Å². The molecule has 4 N–H and O–H groups in total. The molecule has 1 aromatic rings. The van der Waals surface area contributed by atoms with E-state index in [2.05, 4.69) is 28.1 Å². The van der Waals surface area contributed by atoms with Crippen molar-refractivity contribution >= 4 is 27.7 Å². The smallest absolute Gasteiger partial charge is 0.229 e. The van der Waals surface area contributed by atoms with E-state index in [1.54, 1.807) is 0 Å². The standard InChI is InChI=1S/C22H25BrN2O4/c23-14-3-1-13(2-4-14)22(19(25)27)17-6-5-16(20(17)7-8-20)21(22,18(24)26)11-15-12-28-9-10-29-15/h1-6,15-17H,7-12H2,(H2,24,26)(H2,25,27)/t15?,16-,17+,21+,22-/m1/s1. The predicted molar refractivity (Wildman–Crippen MR) is 110 cm³/mol. The van der Waals surface area contributed by atoms with Crippen LogP contribution in [0.25, 0.3) is 0 Å². The summed E-state index contributed by atoms with van der Waals surface area (Å²) >= 11 is 3.46. The highest BCUT2D eigenvalue weighted by Gasteiger charge is 2.83. The monoisotopic (exact) mass is 460 g/mol. The number of carbonyl (C=O) groups excluding carboxylic acids is 2. The quantitative estimate of drug-likeness (QED) is 0.655. The van der Waals surface area contributed by atoms with Crippen molar-refractivity contribution in [1.82, 2.24) is 0 Å². The number of carbonyl (C=O) groups is 2. The molecule has 5 rings (SSSR count). The second-order valence-corrected chi connectivity index (χ2v) is 9.78. The van der Waals surface area contributed by atoms with E-state index >= 15 is 0 Å². The summed E-state index contributed by atoms with van der Waals surface area (Å²) in [6, 6.07) is 7.58. The van der Waals surface area contributed by atoms with E-state index in [-0.39, 0.29) is 23.4 Å². The van der Waals surface area contributed by atoms with Crippen LogP contribution in [0.3, 0.4) is 0 Å². The Morgan fingerprint density at radius 3 is 2.28 bits per heavy atom. The zero-order valence-electron chi connectivity index (χ0n) is 16.1. The van der Waals surface area contributed by atoms with Gasteiger partial charge in [0.25, 0.3) is 0 Å². The molecular weight excluding hydrogens is 436 g/mol. The molecule has 1 aliphatic heterocycles. The molecule has 154 valence electrons. The molecule has 0 aromatic heterocycles. The molecule has 3 fully saturated rings. The van der Waals surface area contributed by atoms with Crippen LogP contribution in [0.2, 0.25) is 0 Å². The van der Waals surface area contributed by atoms with Gasteiger partial charge in [0.2, 0.25) is 11.8 Å². The Hall–Kier alpha value is -1.70. The van der Waals surface area contributed by atoms with Gasteiger partial charge in [0.1, 0.15) is 0 Å². The third kappa shape index (κ3) is 2.29. The molecule has 5 atom stereocenters. The molecule has 1 saturated heterocycles. The lowest BCUT2D eigenvalue weighted by molar-refractivity contribution is -0.153. The molecule has 2 bridgehead atoms. The summed E-state index contributed by atoms with van der Waals surface area (Å²) in [6.07, 6.45) is 6.18. The van der Waals surface area contributed by atoms with Gasteiger partial charge in [-0.15, -0.1) is 0 Å². The fourth-order valence-electron chi connectivity index (χ4n) is 6.73. The first-order valence-electron chi connectivity index (χ1n) is 10.1. The maximum Gasteiger partial charge on any atom is 0.229 e. The molecule has 1 heterocycles.